The van der Waals surface area contributed by atoms with Gasteiger partial charge in [0.05, 0.1) is 6.61 Å². The predicted octanol–water partition coefficient (Wildman–Crippen LogP) is 7.31. The lowest BCUT2D eigenvalue weighted by molar-refractivity contribution is 0.176. The van der Waals surface area contributed by atoms with Crippen LogP contribution >= 0.6 is 0 Å². The maximum absolute atomic E-state index is 5.51. The fraction of sp³-hybridized carbons (Fsp3) is 0.909. The van der Waals surface area contributed by atoms with Crippen LogP contribution in [0, 0.1) is 11.8 Å². The molecule has 1 nitrogen and oxygen atoms in total. The molecule has 0 aliphatic carbocycles. The maximum atomic E-state index is 5.51. The number of unbranched alkanes of at least 4 members (excludes halogenated alkanes) is 12. The highest BCUT2D eigenvalue weighted by Crippen LogP contribution is 2.27. The second kappa shape index (κ2) is 15.2. The van der Waals surface area contributed by atoms with E-state index in [1.807, 2.05) is 0 Å². The first-order valence-electron chi connectivity index (χ1n) is 10.6. The molecule has 1 aliphatic rings. The Bertz CT molecular complexity index is 255. The summed E-state index contributed by atoms with van der Waals surface area (Å²) in [6, 6.07) is 0. The fourth-order valence-electron chi connectivity index (χ4n) is 3.83. The normalized spacial score (nSPS) is 19.1. The van der Waals surface area contributed by atoms with Gasteiger partial charge in [0.15, 0.2) is 0 Å². The number of allylic oxidation sites excluding steroid dienone is 1. The van der Waals surface area contributed by atoms with Crippen molar-refractivity contribution in [1.82, 2.24) is 0 Å². The van der Waals surface area contributed by atoms with Crippen molar-refractivity contribution in [3.63, 3.8) is 0 Å². The molecule has 1 unspecified atom stereocenters. The van der Waals surface area contributed by atoms with E-state index in [1.165, 1.54) is 96.3 Å². The topological polar surface area (TPSA) is 9.23 Å². The molecule has 1 heterocycles. The lowest BCUT2D eigenvalue weighted by Gasteiger charge is -2.18. The molecule has 1 rings (SSSR count). The van der Waals surface area contributed by atoms with E-state index in [-0.39, 0.29) is 0 Å². The summed E-state index contributed by atoms with van der Waals surface area (Å²) in [4.78, 5) is 0. The molecule has 0 spiro atoms. The molecule has 0 N–H and O–H groups in total. The van der Waals surface area contributed by atoms with E-state index >= 15 is 0 Å². The van der Waals surface area contributed by atoms with E-state index in [0.717, 1.165) is 19.1 Å². The summed E-state index contributed by atoms with van der Waals surface area (Å²) in [6.45, 7) is 8.26. The molecule has 23 heavy (non-hydrogen) atoms. The summed E-state index contributed by atoms with van der Waals surface area (Å²) in [5, 5.41) is 0. The lowest BCUT2D eigenvalue weighted by Crippen LogP contribution is -2.12. The van der Waals surface area contributed by atoms with Gasteiger partial charge in [0, 0.05) is 6.61 Å². The van der Waals surface area contributed by atoms with Gasteiger partial charge in [0.1, 0.15) is 0 Å². The fourth-order valence-corrected chi connectivity index (χ4v) is 3.83. The zero-order valence-electron chi connectivity index (χ0n) is 15.9. The van der Waals surface area contributed by atoms with Gasteiger partial charge in [-0.2, -0.15) is 0 Å². The van der Waals surface area contributed by atoms with Gasteiger partial charge in [-0.15, -0.1) is 6.58 Å². The molecule has 0 aromatic carbocycles. The molecular weight excluding hydrogens is 282 g/mol. The van der Waals surface area contributed by atoms with Gasteiger partial charge in [-0.1, -0.05) is 96.5 Å². The van der Waals surface area contributed by atoms with Crippen LogP contribution in [0.4, 0.5) is 0 Å². The Balaban J connectivity index is 1.79. The van der Waals surface area contributed by atoms with E-state index in [0.29, 0.717) is 5.92 Å². The molecule has 0 amide bonds. The lowest BCUT2D eigenvalue weighted by atomic mass is 9.91. The maximum Gasteiger partial charge on any atom is 0.0500 e. The minimum Gasteiger partial charge on any atom is -0.381 e. The predicted molar refractivity (Wildman–Crippen MR) is 103 cm³/mol. The SMILES string of the molecule is C=C[C@H](CCCCCCCCCCCCCCC)C1C[13CH2]O[13CH2]1. The largest absolute Gasteiger partial charge is 0.381 e. The summed E-state index contributed by atoms with van der Waals surface area (Å²) in [5.41, 5.74) is 0. The van der Waals surface area contributed by atoms with Crippen molar-refractivity contribution in [1.29, 1.82) is 0 Å². The average Bonchev–Trinajstić information content (AvgIpc) is 3.09. The number of ether oxygens (including phenoxy) is 1. The van der Waals surface area contributed by atoms with Crippen LogP contribution in [-0.4, -0.2) is 13.2 Å². The number of hydrogen-bond donors (Lipinski definition) is 0. The van der Waals surface area contributed by atoms with Gasteiger partial charge < -0.3 is 4.74 Å². The molecular formula is C22H42O. The van der Waals surface area contributed by atoms with Crippen LogP contribution in [-0.2, 0) is 4.74 Å². The summed E-state index contributed by atoms with van der Waals surface area (Å²) >= 11 is 0. The van der Waals surface area contributed by atoms with Crippen LogP contribution in [0.25, 0.3) is 0 Å². The molecule has 1 saturated heterocycles. The van der Waals surface area contributed by atoms with Crippen LogP contribution in [0.5, 0.6) is 0 Å². The molecule has 0 aromatic heterocycles. The highest BCUT2D eigenvalue weighted by Gasteiger charge is 2.22. The van der Waals surface area contributed by atoms with E-state index in [4.69, 9.17) is 4.74 Å². The monoisotopic (exact) mass is 324 g/mol. The van der Waals surface area contributed by atoms with Gasteiger partial charge in [-0.3, -0.25) is 0 Å². The molecule has 1 aliphatic heterocycles. The van der Waals surface area contributed by atoms with Gasteiger partial charge in [0.25, 0.3) is 0 Å². The Morgan fingerprint density at radius 1 is 0.870 bits per heavy atom. The average molecular weight is 325 g/mol. The van der Waals surface area contributed by atoms with Crippen molar-refractivity contribution in [3.8, 4) is 0 Å². The third kappa shape index (κ3) is 11.0. The Morgan fingerprint density at radius 3 is 1.83 bits per heavy atom. The zero-order chi connectivity index (χ0) is 16.6. The van der Waals surface area contributed by atoms with Crippen LogP contribution in [0.1, 0.15) is 103 Å². The van der Waals surface area contributed by atoms with Gasteiger partial charge in [0.2, 0.25) is 0 Å². The second-order valence-corrected chi connectivity index (χ2v) is 7.55. The molecule has 2 atom stereocenters. The van der Waals surface area contributed by atoms with Crippen LogP contribution < -0.4 is 0 Å². The Kier molecular flexibility index (Phi) is 13.7. The van der Waals surface area contributed by atoms with Crippen molar-refractivity contribution in [2.24, 2.45) is 11.8 Å². The number of hydrogen-bond acceptors (Lipinski definition) is 1. The first kappa shape index (κ1) is 20.7. The minimum atomic E-state index is 0.699. The van der Waals surface area contributed by atoms with E-state index in [2.05, 4.69) is 19.6 Å². The third-order valence-electron chi connectivity index (χ3n) is 5.51. The smallest absolute Gasteiger partial charge is 0.0500 e. The molecule has 1 fully saturated rings. The van der Waals surface area contributed by atoms with Gasteiger partial charge in [-0.25, -0.2) is 0 Å². The van der Waals surface area contributed by atoms with Crippen LogP contribution in [0.2, 0.25) is 0 Å². The van der Waals surface area contributed by atoms with Crippen molar-refractivity contribution in [2.45, 2.75) is 103 Å². The quantitative estimate of drug-likeness (QED) is 0.164. The summed E-state index contributed by atoms with van der Waals surface area (Å²) in [7, 11) is 0. The third-order valence-corrected chi connectivity index (χ3v) is 5.51. The van der Waals surface area contributed by atoms with E-state index in [1.54, 1.807) is 0 Å². The summed E-state index contributed by atoms with van der Waals surface area (Å²) < 4.78 is 5.51. The Morgan fingerprint density at radius 2 is 1.39 bits per heavy atom. The standard InChI is InChI=1S/C22H42O/c1-3-5-6-7-8-9-10-11-12-13-14-15-16-17-21(4-2)22-18-19-23-20-22/h4,21-22H,2-3,5-20H2,1H3/t21-,22?/m1/s1/i19+1,20+1. The highest BCUT2D eigenvalue weighted by atomic mass is 16.6. The molecule has 0 bridgehead atoms. The minimum absolute atomic E-state index is 0.699. The number of rotatable bonds is 16. The van der Waals surface area contributed by atoms with Gasteiger partial charge in [-0.05, 0) is 24.7 Å². The van der Waals surface area contributed by atoms with Crippen molar-refractivity contribution in [2.75, 3.05) is 13.2 Å². The Labute approximate surface area is 146 Å². The summed E-state index contributed by atoms with van der Waals surface area (Å²) in [6.07, 6.45) is 23.4. The highest BCUT2D eigenvalue weighted by molar-refractivity contribution is 4.86. The molecule has 136 valence electrons. The summed E-state index contributed by atoms with van der Waals surface area (Å²) in [5.74, 6) is 1.45. The van der Waals surface area contributed by atoms with E-state index < -0.39 is 0 Å². The molecule has 0 saturated carbocycles. The molecule has 0 radical (unpaired) electrons. The first-order chi connectivity index (χ1) is 11.4. The van der Waals surface area contributed by atoms with Crippen molar-refractivity contribution < 1.29 is 4.74 Å². The van der Waals surface area contributed by atoms with E-state index in [9.17, 15) is 0 Å². The van der Waals surface area contributed by atoms with Crippen LogP contribution in [0.15, 0.2) is 12.7 Å². The van der Waals surface area contributed by atoms with Crippen molar-refractivity contribution in [3.05, 3.63) is 12.7 Å². The van der Waals surface area contributed by atoms with Crippen LogP contribution in [0.3, 0.4) is 0 Å². The molecule has 1 heteroatoms. The molecule has 0 aromatic rings. The van der Waals surface area contributed by atoms with Gasteiger partial charge >= 0.3 is 0 Å². The van der Waals surface area contributed by atoms with Crippen molar-refractivity contribution >= 4 is 0 Å². The zero-order valence-corrected chi connectivity index (χ0v) is 15.9. The first-order valence-corrected chi connectivity index (χ1v) is 10.6. The second-order valence-electron chi connectivity index (χ2n) is 7.55. The Hall–Kier alpha value is -0.300.